The SMILES string of the molecule is Cc1cccc(-c2noc(CNC(=O)C(C)Oc3ccc(Cl)c(C)c3)n2)c1. The third-order valence-electron chi connectivity index (χ3n) is 3.97. The summed E-state index contributed by atoms with van der Waals surface area (Å²) in [5.74, 6) is 1.12. The Hall–Kier alpha value is -2.86. The third kappa shape index (κ3) is 4.86. The van der Waals surface area contributed by atoms with Crippen molar-refractivity contribution in [2.45, 2.75) is 33.4 Å². The topological polar surface area (TPSA) is 77.2 Å². The molecule has 0 aliphatic rings. The van der Waals surface area contributed by atoms with Crippen molar-refractivity contribution in [1.29, 1.82) is 0 Å². The first-order chi connectivity index (χ1) is 12.9. The van der Waals surface area contributed by atoms with Crippen LogP contribution >= 0.6 is 11.6 Å². The zero-order valence-electron chi connectivity index (χ0n) is 15.3. The smallest absolute Gasteiger partial charge is 0.261 e. The average molecular weight is 386 g/mol. The van der Waals surface area contributed by atoms with Crippen LogP contribution in [0.15, 0.2) is 47.0 Å². The molecule has 0 spiro atoms. The van der Waals surface area contributed by atoms with Crippen LogP contribution in [0.4, 0.5) is 0 Å². The molecule has 0 bridgehead atoms. The van der Waals surface area contributed by atoms with Crippen LogP contribution in [-0.4, -0.2) is 22.2 Å². The predicted octanol–water partition coefficient (Wildman–Crippen LogP) is 4.09. The number of ether oxygens (including phenoxy) is 1. The Kier molecular flexibility index (Phi) is 5.76. The fraction of sp³-hybridized carbons (Fsp3) is 0.250. The number of carbonyl (C=O) groups is 1. The normalized spacial score (nSPS) is 11.9. The van der Waals surface area contributed by atoms with Gasteiger partial charge in [-0.25, -0.2) is 0 Å². The molecular formula is C20H20ClN3O3. The molecule has 3 rings (SSSR count). The number of nitrogens with one attached hydrogen (secondary N) is 1. The van der Waals surface area contributed by atoms with Crippen molar-refractivity contribution >= 4 is 17.5 Å². The largest absolute Gasteiger partial charge is 0.481 e. The van der Waals surface area contributed by atoms with Crippen molar-refractivity contribution in [3.05, 3.63) is 64.5 Å². The van der Waals surface area contributed by atoms with E-state index in [0.29, 0.717) is 22.5 Å². The van der Waals surface area contributed by atoms with Crippen LogP contribution in [0.3, 0.4) is 0 Å². The van der Waals surface area contributed by atoms with E-state index in [4.69, 9.17) is 20.9 Å². The summed E-state index contributed by atoms with van der Waals surface area (Å²) in [6.07, 6.45) is -0.676. The Bertz CT molecular complexity index is 955. The minimum atomic E-state index is -0.676. The number of nitrogens with zero attached hydrogens (tertiary/aromatic N) is 2. The molecule has 0 saturated carbocycles. The first-order valence-corrected chi connectivity index (χ1v) is 8.90. The van der Waals surface area contributed by atoms with E-state index in [0.717, 1.165) is 16.7 Å². The summed E-state index contributed by atoms with van der Waals surface area (Å²) in [6, 6.07) is 13.1. The molecular weight excluding hydrogens is 366 g/mol. The van der Waals surface area contributed by atoms with E-state index in [9.17, 15) is 4.79 Å². The molecule has 1 atom stereocenters. The maximum Gasteiger partial charge on any atom is 0.261 e. The maximum atomic E-state index is 12.2. The zero-order chi connectivity index (χ0) is 19.4. The Labute approximate surface area is 162 Å². The Balaban J connectivity index is 1.56. The number of aryl methyl sites for hydroxylation is 2. The zero-order valence-corrected chi connectivity index (χ0v) is 16.1. The van der Waals surface area contributed by atoms with Gasteiger partial charge >= 0.3 is 0 Å². The number of rotatable bonds is 6. The summed E-state index contributed by atoms with van der Waals surface area (Å²) in [6.45, 7) is 5.67. The number of carbonyl (C=O) groups excluding carboxylic acids is 1. The molecule has 0 aliphatic heterocycles. The average Bonchev–Trinajstić information content (AvgIpc) is 3.12. The third-order valence-corrected chi connectivity index (χ3v) is 4.39. The van der Waals surface area contributed by atoms with Gasteiger partial charge in [-0.05, 0) is 50.6 Å². The van der Waals surface area contributed by atoms with E-state index in [-0.39, 0.29) is 12.5 Å². The van der Waals surface area contributed by atoms with Gasteiger partial charge in [-0.2, -0.15) is 4.98 Å². The summed E-state index contributed by atoms with van der Waals surface area (Å²) in [5, 5.41) is 7.34. The molecule has 2 aromatic carbocycles. The van der Waals surface area contributed by atoms with E-state index >= 15 is 0 Å². The van der Waals surface area contributed by atoms with Crippen LogP contribution in [0.25, 0.3) is 11.4 Å². The molecule has 27 heavy (non-hydrogen) atoms. The van der Waals surface area contributed by atoms with Gasteiger partial charge in [-0.1, -0.05) is 40.5 Å². The molecule has 1 unspecified atom stereocenters. The van der Waals surface area contributed by atoms with Gasteiger partial charge in [-0.15, -0.1) is 0 Å². The fourth-order valence-corrected chi connectivity index (χ4v) is 2.60. The lowest BCUT2D eigenvalue weighted by Crippen LogP contribution is -2.36. The molecule has 0 fully saturated rings. The highest BCUT2D eigenvalue weighted by Gasteiger charge is 2.16. The van der Waals surface area contributed by atoms with Crippen molar-refractivity contribution in [2.75, 3.05) is 0 Å². The van der Waals surface area contributed by atoms with E-state index in [1.165, 1.54) is 0 Å². The number of amides is 1. The van der Waals surface area contributed by atoms with Gasteiger partial charge in [0.2, 0.25) is 11.7 Å². The lowest BCUT2D eigenvalue weighted by atomic mass is 10.1. The van der Waals surface area contributed by atoms with E-state index in [1.54, 1.807) is 25.1 Å². The lowest BCUT2D eigenvalue weighted by molar-refractivity contribution is -0.127. The van der Waals surface area contributed by atoms with Crippen molar-refractivity contribution in [1.82, 2.24) is 15.5 Å². The molecule has 140 valence electrons. The molecule has 0 saturated heterocycles. The molecule has 0 aliphatic carbocycles. The van der Waals surface area contributed by atoms with Crippen LogP contribution in [-0.2, 0) is 11.3 Å². The van der Waals surface area contributed by atoms with Gasteiger partial charge in [0.15, 0.2) is 6.10 Å². The highest BCUT2D eigenvalue weighted by molar-refractivity contribution is 6.31. The molecule has 6 nitrogen and oxygen atoms in total. The minimum absolute atomic E-state index is 0.130. The molecule has 1 amide bonds. The van der Waals surface area contributed by atoms with Gasteiger partial charge in [0, 0.05) is 10.6 Å². The second-order valence-corrected chi connectivity index (χ2v) is 6.68. The van der Waals surface area contributed by atoms with E-state index in [1.807, 2.05) is 38.1 Å². The molecule has 1 heterocycles. The van der Waals surface area contributed by atoms with Gasteiger partial charge < -0.3 is 14.6 Å². The minimum Gasteiger partial charge on any atom is -0.481 e. The maximum absolute atomic E-state index is 12.2. The van der Waals surface area contributed by atoms with Crippen LogP contribution in [0, 0.1) is 13.8 Å². The lowest BCUT2D eigenvalue weighted by Gasteiger charge is -2.14. The van der Waals surface area contributed by atoms with Crippen molar-refractivity contribution in [3.8, 4) is 17.1 Å². The Morgan fingerprint density at radius 2 is 2.07 bits per heavy atom. The van der Waals surface area contributed by atoms with Crippen LogP contribution < -0.4 is 10.1 Å². The van der Waals surface area contributed by atoms with Crippen LogP contribution in [0.5, 0.6) is 5.75 Å². The Morgan fingerprint density at radius 3 is 2.81 bits per heavy atom. The summed E-state index contributed by atoms with van der Waals surface area (Å²) in [4.78, 5) is 16.6. The van der Waals surface area contributed by atoms with Gasteiger partial charge in [-0.3, -0.25) is 4.79 Å². The summed E-state index contributed by atoms with van der Waals surface area (Å²) < 4.78 is 10.9. The monoisotopic (exact) mass is 385 g/mol. The van der Waals surface area contributed by atoms with Crippen molar-refractivity contribution < 1.29 is 14.1 Å². The molecule has 1 aromatic heterocycles. The number of benzene rings is 2. The van der Waals surface area contributed by atoms with Crippen molar-refractivity contribution in [2.24, 2.45) is 0 Å². The number of hydrogen-bond acceptors (Lipinski definition) is 5. The Morgan fingerprint density at radius 1 is 1.26 bits per heavy atom. The fourth-order valence-electron chi connectivity index (χ4n) is 2.48. The molecule has 1 N–H and O–H groups in total. The number of halogens is 1. The van der Waals surface area contributed by atoms with Crippen molar-refractivity contribution in [3.63, 3.8) is 0 Å². The summed E-state index contributed by atoms with van der Waals surface area (Å²) >= 11 is 5.99. The number of aromatic nitrogens is 2. The molecule has 0 radical (unpaired) electrons. The highest BCUT2D eigenvalue weighted by Crippen LogP contribution is 2.22. The van der Waals surface area contributed by atoms with E-state index in [2.05, 4.69) is 15.5 Å². The first kappa shape index (κ1) is 18.9. The second-order valence-electron chi connectivity index (χ2n) is 6.27. The van der Waals surface area contributed by atoms with Gasteiger partial charge in [0.05, 0.1) is 6.54 Å². The van der Waals surface area contributed by atoms with Crippen LogP contribution in [0.1, 0.15) is 23.9 Å². The van der Waals surface area contributed by atoms with E-state index < -0.39 is 6.10 Å². The first-order valence-electron chi connectivity index (χ1n) is 8.52. The van der Waals surface area contributed by atoms with Gasteiger partial charge in [0.1, 0.15) is 5.75 Å². The number of hydrogen-bond donors (Lipinski definition) is 1. The standard InChI is InChI=1S/C20H20ClN3O3/c1-12-5-4-6-15(9-12)19-23-18(27-24-19)11-22-20(25)14(3)26-16-7-8-17(21)13(2)10-16/h4-10,14H,11H2,1-3H3,(H,22,25). The molecule has 3 aromatic rings. The van der Waals surface area contributed by atoms with Gasteiger partial charge in [0.25, 0.3) is 5.91 Å². The van der Waals surface area contributed by atoms with Crippen LogP contribution in [0.2, 0.25) is 5.02 Å². The molecule has 7 heteroatoms. The second kappa shape index (κ2) is 8.22. The predicted molar refractivity (Wildman–Crippen MR) is 103 cm³/mol. The highest BCUT2D eigenvalue weighted by atomic mass is 35.5. The summed E-state index contributed by atoms with van der Waals surface area (Å²) in [7, 11) is 0. The quantitative estimate of drug-likeness (QED) is 0.691. The summed E-state index contributed by atoms with van der Waals surface area (Å²) in [5.41, 5.74) is 2.86.